The molecule has 0 aliphatic carbocycles. The van der Waals surface area contributed by atoms with Crippen LogP contribution in [0.4, 0.5) is 0 Å². The van der Waals surface area contributed by atoms with E-state index in [1.165, 1.54) is 11.8 Å². The van der Waals surface area contributed by atoms with Crippen molar-refractivity contribution in [1.29, 1.82) is 0 Å². The molecule has 1 heterocycles. The van der Waals surface area contributed by atoms with E-state index in [4.69, 9.17) is 9.47 Å². The topological polar surface area (TPSA) is 70.4 Å². The van der Waals surface area contributed by atoms with Crippen molar-refractivity contribution in [2.24, 2.45) is 0 Å². The van der Waals surface area contributed by atoms with Crippen LogP contribution in [-0.4, -0.2) is 40.6 Å². The number of thioether (sulfide) groups is 1. The predicted molar refractivity (Wildman–Crippen MR) is 115 cm³/mol. The maximum absolute atomic E-state index is 13.1. The number of ketones is 1. The standard InChI is InChI=1S/C22H24N2O4S/c1-3-27-20(28-4-2)14-24-21(26)17-12-8-9-13-18(17)23-22(24)29-15-19(25)16-10-6-5-7-11-16/h5-13,20H,3-4,14-15H2,1-2H3. The van der Waals surface area contributed by atoms with E-state index in [0.717, 1.165) is 0 Å². The third-order valence-electron chi connectivity index (χ3n) is 4.29. The van der Waals surface area contributed by atoms with E-state index in [1.54, 1.807) is 28.8 Å². The van der Waals surface area contributed by atoms with Crippen LogP contribution in [-0.2, 0) is 16.0 Å². The number of hydrogen-bond acceptors (Lipinski definition) is 6. The van der Waals surface area contributed by atoms with Gasteiger partial charge in [0.1, 0.15) is 0 Å². The SMILES string of the molecule is CCOC(Cn1c(SCC(=O)c2ccccc2)nc2ccccc2c1=O)OCC. The van der Waals surface area contributed by atoms with Gasteiger partial charge in [0.25, 0.3) is 5.56 Å². The molecule has 152 valence electrons. The number of ether oxygens (including phenoxy) is 2. The lowest BCUT2D eigenvalue weighted by atomic mass is 10.2. The summed E-state index contributed by atoms with van der Waals surface area (Å²) >= 11 is 1.25. The Labute approximate surface area is 173 Å². The van der Waals surface area contributed by atoms with Crippen LogP contribution >= 0.6 is 11.8 Å². The fourth-order valence-electron chi connectivity index (χ4n) is 2.93. The van der Waals surface area contributed by atoms with Crippen molar-refractivity contribution in [2.75, 3.05) is 19.0 Å². The van der Waals surface area contributed by atoms with Gasteiger partial charge in [-0.05, 0) is 26.0 Å². The molecule has 0 N–H and O–H groups in total. The van der Waals surface area contributed by atoms with Gasteiger partial charge in [-0.1, -0.05) is 54.2 Å². The molecule has 29 heavy (non-hydrogen) atoms. The molecule has 0 atom stereocenters. The zero-order chi connectivity index (χ0) is 20.6. The van der Waals surface area contributed by atoms with E-state index in [9.17, 15) is 9.59 Å². The number of carbonyl (C=O) groups excluding carboxylic acids is 1. The largest absolute Gasteiger partial charge is 0.351 e. The Balaban J connectivity index is 1.93. The van der Waals surface area contributed by atoms with E-state index in [2.05, 4.69) is 4.98 Å². The molecule has 6 nitrogen and oxygen atoms in total. The normalized spacial score (nSPS) is 11.3. The van der Waals surface area contributed by atoms with Crippen molar-refractivity contribution in [2.45, 2.75) is 31.8 Å². The maximum Gasteiger partial charge on any atom is 0.262 e. The molecule has 3 rings (SSSR count). The van der Waals surface area contributed by atoms with E-state index in [0.29, 0.717) is 34.8 Å². The maximum atomic E-state index is 13.1. The Morgan fingerprint density at radius 2 is 1.69 bits per heavy atom. The Hall–Kier alpha value is -2.48. The van der Waals surface area contributed by atoms with Gasteiger partial charge in [-0.25, -0.2) is 4.98 Å². The average Bonchev–Trinajstić information content (AvgIpc) is 2.75. The molecule has 3 aromatic rings. The monoisotopic (exact) mass is 412 g/mol. The summed E-state index contributed by atoms with van der Waals surface area (Å²) in [5, 5.41) is 1.00. The van der Waals surface area contributed by atoms with Crippen molar-refractivity contribution in [3.63, 3.8) is 0 Å². The van der Waals surface area contributed by atoms with Crippen molar-refractivity contribution < 1.29 is 14.3 Å². The number of Topliss-reactive ketones (excluding diaryl/α,β-unsaturated/α-hetero) is 1. The van der Waals surface area contributed by atoms with Gasteiger partial charge in [0.05, 0.1) is 23.2 Å². The Bertz CT molecular complexity index is 1010. The quantitative estimate of drug-likeness (QED) is 0.218. The summed E-state index contributed by atoms with van der Waals surface area (Å²) in [5.74, 6) is 0.165. The Morgan fingerprint density at radius 1 is 1.03 bits per heavy atom. The summed E-state index contributed by atoms with van der Waals surface area (Å²) in [6.07, 6.45) is -0.560. The number of para-hydroxylation sites is 1. The van der Waals surface area contributed by atoms with Gasteiger partial charge in [-0.15, -0.1) is 0 Å². The first kappa shape index (κ1) is 21.2. The second kappa shape index (κ2) is 10.3. The zero-order valence-corrected chi connectivity index (χ0v) is 17.4. The Kier molecular flexibility index (Phi) is 7.57. The third kappa shape index (κ3) is 5.32. The molecule has 1 aromatic heterocycles. The molecule has 0 radical (unpaired) electrons. The zero-order valence-electron chi connectivity index (χ0n) is 16.5. The van der Waals surface area contributed by atoms with Crippen LogP contribution in [0.25, 0.3) is 10.9 Å². The van der Waals surface area contributed by atoms with Gasteiger partial charge in [0.2, 0.25) is 0 Å². The summed E-state index contributed by atoms with van der Waals surface area (Å²) in [6, 6.07) is 16.3. The minimum atomic E-state index is -0.560. The van der Waals surface area contributed by atoms with Crippen molar-refractivity contribution in [3.05, 3.63) is 70.5 Å². The highest BCUT2D eigenvalue weighted by molar-refractivity contribution is 7.99. The lowest BCUT2D eigenvalue weighted by Gasteiger charge is -2.20. The van der Waals surface area contributed by atoms with E-state index in [-0.39, 0.29) is 23.6 Å². The molecule has 7 heteroatoms. The van der Waals surface area contributed by atoms with Crippen LogP contribution in [0.5, 0.6) is 0 Å². The van der Waals surface area contributed by atoms with E-state index < -0.39 is 6.29 Å². The molecule has 0 bridgehead atoms. The van der Waals surface area contributed by atoms with Crippen molar-refractivity contribution in [1.82, 2.24) is 9.55 Å². The fraction of sp³-hybridized carbons (Fsp3) is 0.318. The lowest BCUT2D eigenvalue weighted by Crippen LogP contribution is -2.32. The minimum Gasteiger partial charge on any atom is -0.351 e. The van der Waals surface area contributed by atoms with Gasteiger partial charge < -0.3 is 9.47 Å². The second-order valence-corrected chi connectivity index (χ2v) is 7.19. The molecule has 0 unspecified atom stereocenters. The van der Waals surface area contributed by atoms with E-state index in [1.807, 2.05) is 44.2 Å². The predicted octanol–water partition coefficient (Wildman–Crippen LogP) is 3.77. The third-order valence-corrected chi connectivity index (χ3v) is 5.27. The van der Waals surface area contributed by atoms with Crippen LogP contribution in [0.2, 0.25) is 0 Å². The number of carbonyl (C=O) groups is 1. The number of benzene rings is 2. The van der Waals surface area contributed by atoms with Crippen LogP contribution in [0, 0.1) is 0 Å². The first-order valence-electron chi connectivity index (χ1n) is 9.57. The molecular formula is C22H24N2O4S. The van der Waals surface area contributed by atoms with Crippen LogP contribution in [0.15, 0.2) is 64.5 Å². The number of fused-ring (bicyclic) bond motifs is 1. The molecule has 0 amide bonds. The van der Waals surface area contributed by atoms with Gasteiger partial charge >= 0.3 is 0 Å². The summed E-state index contributed by atoms with van der Waals surface area (Å²) in [6.45, 7) is 4.90. The highest BCUT2D eigenvalue weighted by Gasteiger charge is 2.18. The summed E-state index contributed by atoms with van der Waals surface area (Å²) in [7, 11) is 0. The molecule has 0 saturated heterocycles. The summed E-state index contributed by atoms with van der Waals surface area (Å²) < 4.78 is 12.8. The molecule has 0 saturated carbocycles. The summed E-state index contributed by atoms with van der Waals surface area (Å²) in [4.78, 5) is 30.3. The highest BCUT2D eigenvalue weighted by Crippen LogP contribution is 2.20. The molecule has 0 spiro atoms. The smallest absolute Gasteiger partial charge is 0.262 e. The lowest BCUT2D eigenvalue weighted by molar-refractivity contribution is -0.144. The first-order valence-corrected chi connectivity index (χ1v) is 10.6. The number of aromatic nitrogens is 2. The van der Waals surface area contributed by atoms with Crippen molar-refractivity contribution >= 4 is 28.4 Å². The summed E-state index contributed by atoms with van der Waals surface area (Å²) in [5.41, 5.74) is 1.07. The number of nitrogens with zero attached hydrogens (tertiary/aromatic N) is 2. The second-order valence-electron chi connectivity index (χ2n) is 6.25. The van der Waals surface area contributed by atoms with Gasteiger partial charge in [-0.2, -0.15) is 0 Å². The number of hydrogen-bond donors (Lipinski definition) is 0. The van der Waals surface area contributed by atoms with Gasteiger partial charge in [-0.3, -0.25) is 14.2 Å². The molecule has 0 fully saturated rings. The van der Waals surface area contributed by atoms with Crippen LogP contribution in [0.1, 0.15) is 24.2 Å². The van der Waals surface area contributed by atoms with Gasteiger partial charge in [0, 0.05) is 18.8 Å². The van der Waals surface area contributed by atoms with Crippen molar-refractivity contribution in [3.8, 4) is 0 Å². The van der Waals surface area contributed by atoms with Crippen LogP contribution < -0.4 is 5.56 Å². The average molecular weight is 413 g/mol. The molecule has 2 aromatic carbocycles. The van der Waals surface area contributed by atoms with E-state index >= 15 is 0 Å². The molecular weight excluding hydrogens is 388 g/mol. The Morgan fingerprint density at radius 3 is 2.38 bits per heavy atom. The fourth-order valence-corrected chi connectivity index (χ4v) is 3.83. The van der Waals surface area contributed by atoms with Gasteiger partial charge in [0.15, 0.2) is 17.2 Å². The minimum absolute atomic E-state index is 0.0178. The highest BCUT2D eigenvalue weighted by atomic mass is 32.2. The molecule has 0 aliphatic heterocycles. The van der Waals surface area contributed by atoms with Crippen LogP contribution in [0.3, 0.4) is 0 Å². The molecule has 0 aliphatic rings. The first-order chi connectivity index (χ1) is 14.1. The number of rotatable bonds is 10.